The van der Waals surface area contributed by atoms with E-state index in [1.807, 2.05) is 0 Å². The van der Waals surface area contributed by atoms with Gasteiger partial charge in [-0.05, 0) is 6.42 Å². The Balaban J connectivity index is 1.96. The highest BCUT2D eigenvalue weighted by molar-refractivity contribution is 4.89. The molecule has 0 radical (unpaired) electrons. The number of unbranched alkanes of at least 4 members (excludes halogenated alkanes) is 1. The molecule has 1 saturated heterocycles. The number of aliphatic hydroxyl groups is 1. The number of rotatable bonds is 4. The fourth-order valence-corrected chi connectivity index (χ4v) is 0.955. The maximum absolute atomic E-state index is 9.26. The van der Waals surface area contributed by atoms with E-state index in [-0.39, 0.29) is 6.10 Å². The van der Waals surface area contributed by atoms with Crippen LogP contribution in [-0.4, -0.2) is 23.8 Å². The first-order valence-electron chi connectivity index (χ1n) is 3.76. The van der Waals surface area contributed by atoms with E-state index in [2.05, 4.69) is 12.2 Å². The Kier molecular flexibility index (Phi) is 2.49. The van der Waals surface area contributed by atoms with Gasteiger partial charge in [0.25, 0.3) is 0 Å². The van der Waals surface area contributed by atoms with Crippen molar-refractivity contribution < 1.29 is 5.11 Å². The third kappa shape index (κ3) is 2.33. The molecule has 1 aliphatic rings. The molecule has 0 aromatic carbocycles. The molecule has 2 heteroatoms. The third-order valence-corrected chi connectivity index (χ3v) is 1.76. The van der Waals surface area contributed by atoms with Crippen molar-refractivity contribution >= 4 is 0 Å². The van der Waals surface area contributed by atoms with Crippen molar-refractivity contribution in [3.05, 3.63) is 0 Å². The van der Waals surface area contributed by atoms with Crippen molar-refractivity contribution in [2.75, 3.05) is 6.54 Å². The first kappa shape index (κ1) is 7.03. The van der Waals surface area contributed by atoms with Crippen LogP contribution in [0.15, 0.2) is 0 Å². The summed E-state index contributed by atoms with van der Waals surface area (Å²) in [6.07, 6.45) is 3.22. The summed E-state index contributed by atoms with van der Waals surface area (Å²) in [6, 6.07) is 0.427. The molecule has 2 nitrogen and oxygen atoms in total. The highest BCUT2D eigenvalue weighted by Crippen LogP contribution is 2.10. The molecule has 0 amide bonds. The molecule has 0 saturated carbocycles. The van der Waals surface area contributed by atoms with Gasteiger partial charge in [0.1, 0.15) is 0 Å². The molecule has 9 heavy (non-hydrogen) atoms. The van der Waals surface area contributed by atoms with E-state index in [1.54, 1.807) is 0 Å². The number of nitrogens with one attached hydrogen (secondary N) is 1. The molecule has 0 unspecified atom stereocenters. The van der Waals surface area contributed by atoms with E-state index in [9.17, 15) is 5.11 Å². The smallest absolute Gasteiger partial charge is 0.0705 e. The van der Waals surface area contributed by atoms with Crippen LogP contribution in [0.1, 0.15) is 26.2 Å². The number of hydrogen-bond donors (Lipinski definition) is 2. The van der Waals surface area contributed by atoms with E-state index in [4.69, 9.17) is 0 Å². The van der Waals surface area contributed by atoms with E-state index >= 15 is 0 Å². The standard InChI is InChI=1S/C7H15NO/c1-2-3-4-7(9)6-5-8-6/h6-9H,2-5H2,1H3/t6-,7-/m0/s1. The quantitative estimate of drug-likeness (QED) is 0.543. The minimum Gasteiger partial charge on any atom is -0.391 e. The molecule has 1 aliphatic heterocycles. The summed E-state index contributed by atoms with van der Waals surface area (Å²) in [4.78, 5) is 0. The van der Waals surface area contributed by atoms with Gasteiger partial charge in [-0.3, -0.25) is 0 Å². The van der Waals surface area contributed by atoms with Crippen LogP contribution in [-0.2, 0) is 0 Å². The molecular weight excluding hydrogens is 114 g/mol. The second-order valence-electron chi connectivity index (χ2n) is 2.72. The highest BCUT2D eigenvalue weighted by Gasteiger charge is 2.27. The van der Waals surface area contributed by atoms with Gasteiger partial charge in [-0.25, -0.2) is 0 Å². The van der Waals surface area contributed by atoms with Crippen LogP contribution < -0.4 is 5.32 Å². The van der Waals surface area contributed by atoms with Crippen LogP contribution in [0, 0.1) is 0 Å². The zero-order valence-corrected chi connectivity index (χ0v) is 5.93. The fourth-order valence-electron chi connectivity index (χ4n) is 0.955. The summed E-state index contributed by atoms with van der Waals surface area (Å²) in [7, 11) is 0. The minimum absolute atomic E-state index is 0.0788. The topological polar surface area (TPSA) is 42.2 Å². The summed E-state index contributed by atoms with van der Waals surface area (Å²) in [6.45, 7) is 3.16. The molecule has 1 rings (SSSR count). The predicted molar refractivity (Wildman–Crippen MR) is 37.3 cm³/mol. The lowest BCUT2D eigenvalue weighted by atomic mass is 10.1. The molecule has 0 spiro atoms. The molecule has 0 aromatic heterocycles. The SMILES string of the molecule is CCCC[C@H](O)[C@@H]1CN1. The van der Waals surface area contributed by atoms with Crippen molar-refractivity contribution in [2.45, 2.75) is 38.3 Å². The van der Waals surface area contributed by atoms with Crippen LogP contribution in [0.25, 0.3) is 0 Å². The molecule has 1 fully saturated rings. The van der Waals surface area contributed by atoms with Gasteiger partial charge in [0.2, 0.25) is 0 Å². The average molecular weight is 129 g/mol. The summed E-state index contributed by atoms with van der Waals surface area (Å²) in [5, 5.41) is 12.4. The Labute approximate surface area is 56.3 Å². The minimum atomic E-state index is -0.0788. The Morgan fingerprint density at radius 1 is 1.78 bits per heavy atom. The van der Waals surface area contributed by atoms with Gasteiger partial charge in [-0.15, -0.1) is 0 Å². The molecular formula is C7H15NO. The molecule has 1 heterocycles. The van der Waals surface area contributed by atoms with Gasteiger partial charge in [0.05, 0.1) is 6.10 Å². The van der Waals surface area contributed by atoms with Gasteiger partial charge >= 0.3 is 0 Å². The Morgan fingerprint density at radius 2 is 2.44 bits per heavy atom. The second kappa shape index (κ2) is 3.18. The lowest BCUT2D eigenvalue weighted by Gasteiger charge is -2.04. The zero-order chi connectivity index (χ0) is 6.69. The van der Waals surface area contributed by atoms with E-state index in [0.717, 1.165) is 19.4 Å². The first-order chi connectivity index (χ1) is 4.34. The van der Waals surface area contributed by atoms with Gasteiger partial charge in [0, 0.05) is 12.6 Å². The van der Waals surface area contributed by atoms with Gasteiger partial charge < -0.3 is 10.4 Å². The van der Waals surface area contributed by atoms with Crippen molar-refractivity contribution in [1.29, 1.82) is 0 Å². The second-order valence-corrected chi connectivity index (χ2v) is 2.72. The van der Waals surface area contributed by atoms with Gasteiger partial charge in [-0.1, -0.05) is 19.8 Å². The summed E-state index contributed by atoms with van der Waals surface area (Å²) < 4.78 is 0. The monoisotopic (exact) mass is 129 g/mol. The summed E-state index contributed by atoms with van der Waals surface area (Å²) in [5.74, 6) is 0. The maximum atomic E-state index is 9.26. The van der Waals surface area contributed by atoms with Crippen molar-refractivity contribution in [3.8, 4) is 0 Å². The lowest BCUT2D eigenvalue weighted by Crippen LogP contribution is -2.16. The normalized spacial score (nSPS) is 28.0. The third-order valence-electron chi connectivity index (χ3n) is 1.76. The fraction of sp³-hybridized carbons (Fsp3) is 1.00. The molecule has 54 valence electrons. The Hall–Kier alpha value is -0.0800. The summed E-state index contributed by atoms with van der Waals surface area (Å²) >= 11 is 0. The maximum Gasteiger partial charge on any atom is 0.0705 e. The van der Waals surface area contributed by atoms with E-state index < -0.39 is 0 Å². The van der Waals surface area contributed by atoms with Crippen molar-refractivity contribution in [2.24, 2.45) is 0 Å². The first-order valence-corrected chi connectivity index (χ1v) is 3.76. The van der Waals surface area contributed by atoms with Crippen LogP contribution in [0.4, 0.5) is 0 Å². The van der Waals surface area contributed by atoms with Gasteiger partial charge in [0.15, 0.2) is 0 Å². The van der Waals surface area contributed by atoms with Gasteiger partial charge in [-0.2, -0.15) is 0 Å². The van der Waals surface area contributed by atoms with Crippen LogP contribution in [0.2, 0.25) is 0 Å². The lowest BCUT2D eigenvalue weighted by molar-refractivity contribution is 0.160. The molecule has 0 bridgehead atoms. The molecule has 0 aliphatic carbocycles. The van der Waals surface area contributed by atoms with Crippen LogP contribution in [0.3, 0.4) is 0 Å². The average Bonchev–Trinajstić information content (AvgIpc) is 2.63. The molecule has 2 N–H and O–H groups in total. The van der Waals surface area contributed by atoms with Crippen molar-refractivity contribution in [3.63, 3.8) is 0 Å². The summed E-state index contributed by atoms with van der Waals surface area (Å²) in [5.41, 5.74) is 0. The Bertz CT molecular complexity index is 81.0. The molecule has 2 atom stereocenters. The highest BCUT2D eigenvalue weighted by atomic mass is 16.3. The van der Waals surface area contributed by atoms with E-state index in [0.29, 0.717) is 6.04 Å². The van der Waals surface area contributed by atoms with E-state index in [1.165, 1.54) is 6.42 Å². The zero-order valence-electron chi connectivity index (χ0n) is 5.93. The predicted octanol–water partition coefficient (Wildman–Crippen LogP) is 0.509. The van der Waals surface area contributed by atoms with Crippen molar-refractivity contribution in [1.82, 2.24) is 5.32 Å². The number of aliphatic hydroxyl groups excluding tert-OH is 1. The van der Waals surface area contributed by atoms with Crippen LogP contribution >= 0.6 is 0 Å². The largest absolute Gasteiger partial charge is 0.391 e. The number of hydrogen-bond acceptors (Lipinski definition) is 2. The van der Waals surface area contributed by atoms with Crippen LogP contribution in [0.5, 0.6) is 0 Å². The molecule has 0 aromatic rings. The Morgan fingerprint density at radius 3 is 2.89 bits per heavy atom.